The van der Waals surface area contributed by atoms with Gasteiger partial charge in [-0.2, -0.15) is 0 Å². The molecule has 1 aromatic heterocycles. The first-order valence-corrected chi connectivity index (χ1v) is 10.1. The molecule has 0 spiro atoms. The first kappa shape index (κ1) is 21.6. The van der Waals surface area contributed by atoms with Crippen LogP contribution in [0.1, 0.15) is 53.6 Å². The molecule has 6 nitrogen and oxygen atoms in total. The second-order valence-corrected chi connectivity index (χ2v) is 7.98. The molecule has 2 rings (SSSR count). The minimum absolute atomic E-state index is 0.0318. The van der Waals surface area contributed by atoms with Crippen molar-refractivity contribution < 1.29 is 19.1 Å². The Labute approximate surface area is 169 Å². The highest BCUT2D eigenvalue weighted by atomic mass is 32.1. The zero-order chi connectivity index (χ0) is 20.5. The van der Waals surface area contributed by atoms with E-state index in [0.29, 0.717) is 16.5 Å². The van der Waals surface area contributed by atoms with Gasteiger partial charge < -0.3 is 15.4 Å². The molecule has 0 bridgehead atoms. The number of esters is 1. The van der Waals surface area contributed by atoms with Gasteiger partial charge in [-0.25, -0.2) is 4.79 Å². The number of carbonyl (C=O) groups excluding carboxylic acids is 3. The van der Waals surface area contributed by atoms with Gasteiger partial charge in [0.1, 0.15) is 0 Å². The largest absolute Gasteiger partial charge is 0.452 e. The van der Waals surface area contributed by atoms with E-state index in [-0.39, 0.29) is 30.0 Å². The first-order valence-electron chi connectivity index (χ1n) is 9.26. The second kappa shape index (κ2) is 10.6. The third-order valence-electron chi connectivity index (χ3n) is 4.02. The number of hydrogen-bond acceptors (Lipinski definition) is 5. The SMILES string of the molecule is CC(C)CC[C@H](C)NC(=O)COC(=O)c1cccc(NC(=O)c2cccs2)c1. The number of hydrogen-bond donors (Lipinski definition) is 2. The summed E-state index contributed by atoms with van der Waals surface area (Å²) in [5.74, 6) is -0.607. The molecule has 1 atom stereocenters. The van der Waals surface area contributed by atoms with E-state index in [2.05, 4.69) is 24.5 Å². The van der Waals surface area contributed by atoms with Crippen LogP contribution in [0, 0.1) is 5.92 Å². The molecular weight excluding hydrogens is 376 g/mol. The van der Waals surface area contributed by atoms with Crippen LogP contribution in [0.5, 0.6) is 0 Å². The molecule has 0 saturated carbocycles. The van der Waals surface area contributed by atoms with Crippen LogP contribution in [0.2, 0.25) is 0 Å². The van der Waals surface area contributed by atoms with Gasteiger partial charge in [0.15, 0.2) is 6.61 Å². The molecule has 0 unspecified atom stereocenters. The third-order valence-corrected chi connectivity index (χ3v) is 4.89. The summed E-state index contributed by atoms with van der Waals surface area (Å²) in [6, 6.07) is 9.98. The first-order chi connectivity index (χ1) is 13.3. The number of nitrogens with one attached hydrogen (secondary N) is 2. The van der Waals surface area contributed by atoms with Crippen molar-refractivity contribution in [3.8, 4) is 0 Å². The molecular formula is C21H26N2O4S. The molecule has 2 N–H and O–H groups in total. The van der Waals surface area contributed by atoms with Crippen LogP contribution >= 0.6 is 11.3 Å². The lowest BCUT2D eigenvalue weighted by molar-refractivity contribution is -0.124. The van der Waals surface area contributed by atoms with Crippen LogP contribution in [0.15, 0.2) is 41.8 Å². The van der Waals surface area contributed by atoms with Gasteiger partial charge in [-0.3, -0.25) is 9.59 Å². The van der Waals surface area contributed by atoms with E-state index in [4.69, 9.17) is 4.74 Å². The Balaban J connectivity index is 1.83. The normalized spacial score (nSPS) is 11.7. The number of amides is 2. The number of carbonyl (C=O) groups is 3. The Morgan fingerprint density at radius 2 is 1.86 bits per heavy atom. The second-order valence-electron chi connectivity index (χ2n) is 7.03. The molecule has 0 aliphatic heterocycles. The fraction of sp³-hybridized carbons (Fsp3) is 0.381. The molecule has 0 saturated heterocycles. The molecule has 2 aromatic rings. The zero-order valence-corrected chi connectivity index (χ0v) is 17.2. The maximum absolute atomic E-state index is 12.2. The smallest absolute Gasteiger partial charge is 0.338 e. The Morgan fingerprint density at radius 1 is 1.07 bits per heavy atom. The van der Waals surface area contributed by atoms with Gasteiger partial charge in [-0.05, 0) is 55.3 Å². The zero-order valence-electron chi connectivity index (χ0n) is 16.4. The van der Waals surface area contributed by atoms with Crippen molar-refractivity contribution in [2.75, 3.05) is 11.9 Å². The summed E-state index contributed by atoms with van der Waals surface area (Å²) < 4.78 is 5.09. The van der Waals surface area contributed by atoms with Crippen LogP contribution in [0.3, 0.4) is 0 Å². The maximum Gasteiger partial charge on any atom is 0.338 e. The quantitative estimate of drug-likeness (QED) is 0.619. The lowest BCUT2D eigenvalue weighted by Crippen LogP contribution is -2.36. The van der Waals surface area contributed by atoms with Crippen LogP contribution < -0.4 is 10.6 Å². The van der Waals surface area contributed by atoms with Gasteiger partial charge in [0, 0.05) is 11.7 Å². The van der Waals surface area contributed by atoms with E-state index in [0.717, 1.165) is 12.8 Å². The summed E-state index contributed by atoms with van der Waals surface area (Å²) in [5, 5.41) is 7.38. The summed E-state index contributed by atoms with van der Waals surface area (Å²) in [4.78, 5) is 36.8. The molecule has 2 amide bonds. The predicted molar refractivity (Wildman–Crippen MR) is 111 cm³/mol. The van der Waals surface area contributed by atoms with Gasteiger partial charge in [0.2, 0.25) is 0 Å². The van der Waals surface area contributed by atoms with Crippen molar-refractivity contribution in [1.82, 2.24) is 5.32 Å². The number of ether oxygens (including phenoxy) is 1. The highest BCUT2D eigenvalue weighted by molar-refractivity contribution is 7.12. The number of thiophene rings is 1. The highest BCUT2D eigenvalue weighted by Crippen LogP contribution is 2.15. The van der Waals surface area contributed by atoms with Crippen LogP contribution in [0.25, 0.3) is 0 Å². The predicted octanol–water partition coefficient (Wildman–Crippen LogP) is 4.10. The average molecular weight is 403 g/mol. The van der Waals surface area contributed by atoms with E-state index in [1.54, 1.807) is 30.3 Å². The topological polar surface area (TPSA) is 84.5 Å². The molecule has 1 aromatic carbocycles. The number of benzene rings is 1. The van der Waals surface area contributed by atoms with E-state index in [9.17, 15) is 14.4 Å². The minimum atomic E-state index is -0.614. The van der Waals surface area contributed by atoms with Crippen molar-refractivity contribution >= 4 is 34.8 Å². The van der Waals surface area contributed by atoms with Crippen molar-refractivity contribution in [3.63, 3.8) is 0 Å². The number of rotatable bonds is 9. The molecule has 0 aliphatic rings. The summed E-state index contributed by atoms with van der Waals surface area (Å²) in [6.45, 7) is 5.86. The number of anilines is 1. The molecule has 0 fully saturated rings. The van der Waals surface area contributed by atoms with Crippen LogP contribution in [0.4, 0.5) is 5.69 Å². The Kier molecular flexibility index (Phi) is 8.19. The summed E-state index contributed by atoms with van der Waals surface area (Å²) in [7, 11) is 0. The van der Waals surface area contributed by atoms with Crippen molar-refractivity contribution in [1.29, 1.82) is 0 Å². The van der Waals surface area contributed by atoms with E-state index < -0.39 is 5.97 Å². The van der Waals surface area contributed by atoms with Crippen LogP contribution in [-0.4, -0.2) is 30.4 Å². The lowest BCUT2D eigenvalue weighted by Gasteiger charge is -2.15. The minimum Gasteiger partial charge on any atom is -0.452 e. The highest BCUT2D eigenvalue weighted by Gasteiger charge is 2.14. The lowest BCUT2D eigenvalue weighted by atomic mass is 10.0. The van der Waals surface area contributed by atoms with Gasteiger partial charge in [-0.15, -0.1) is 11.3 Å². The summed E-state index contributed by atoms with van der Waals surface area (Å²) in [6.07, 6.45) is 1.90. The van der Waals surface area contributed by atoms with Gasteiger partial charge in [-0.1, -0.05) is 26.0 Å². The van der Waals surface area contributed by atoms with E-state index in [1.165, 1.54) is 17.4 Å². The molecule has 0 radical (unpaired) electrons. The maximum atomic E-state index is 12.2. The van der Waals surface area contributed by atoms with Gasteiger partial charge >= 0.3 is 5.97 Å². The Bertz CT molecular complexity index is 802. The average Bonchev–Trinajstić information content (AvgIpc) is 3.19. The van der Waals surface area contributed by atoms with Crippen molar-refractivity contribution in [3.05, 3.63) is 52.2 Å². The van der Waals surface area contributed by atoms with Crippen LogP contribution in [-0.2, 0) is 9.53 Å². The van der Waals surface area contributed by atoms with Gasteiger partial charge in [0.25, 0.3) is 11.8 Å². The van der Waals surface area contributed by atoms with E-state index in [1.807, 2.05) is 12.3 Å². The fourth-order valence-corrected chi connectivity index (χ4v) is 3.13. The molecule has 0 aliphatic carbocycles. The Hall–Kier alpha value is -2.67. The molecule has 28 heavy (non-hydrogen) atoms. The van der Waals surface area contributed by atoms with Crippen molar-refractivity contribution in [2.45, 2.75) is 39.7 Å². The Morgan fingerprint density at radius 3 is 2.54 bits per heavy atom. The monoisotopic (exact) mass is 402 g/mol. The fourth-order valence-electron chi connectivity index (χ4n) is 2.51. The van der Waals surface area contributed by atoms with Gasteiger partial charge in [0.05, 0.1) is 10.4 Å². The molecule has 7 heteroatoms. The van der Waals surface area contributed by atoms with Crippen molar-refractivity contribution in [2.24, 2.45) is 5.92 Å². The summed E-state index contributed by atoms with van der Waals surface area (Å²) >= 11 is 1.33. The molecule has 150 valence electrons. The van der Waals surface area contributed by atoms with E-state index >= 15 is 0 Å². The molecule has 1 heterocycles. The summed E-state index contributed by atoms with van der Waals surface area (Å²) in [5.41, 5.74) is 0.754. The standard InChI is InChI=1S/C21H26N2O4S/c1-14(2)9-10-15(3)22-19(24)13-27-21(26)16-6-4-7-17(12-16)23-20(25)18-8-5-11-28-18/h4-8,11-12,14-15H,9-10,13H2,1-3H3,(H,22,24)(H,23,25)/t15-/m0/s1. The third kappa shape index (κ3) is 7.15.